The van der Waals surface area contributed by atoms with Gasteiger partial charge in [-0.05, 0) is 68.3 Å². The van der Waals surface area contributed by atoms with E-state index in [1.807, 2.05) is 30.9 Å². The number of carbonyl (C=O) groups is 2. The Balaban J connectivity index is 1.22. The number of ether oxygens (including phenoxy) is 1. The van der Waals surface area contributed by atoms with Crippen molar-refractivity contribution in [3.05, 3.63) is 66.1 Å². The quantitative estimate of drug-likeness (QED) is 0.254. The van der Waals surface area contributed by atoms with Crippen LogP contribution in [0.5, 0.6) is 0 Å². The maximum absolute atomic E-state index is 16.0. The van der Waals surface area contributed by atoms with E-state index in [1.54, 1.807) is 51.4 Å². The van der Waals surface area contributed by atoms with Gasteiger partial charge in [-0.1, -0.05) is 6.92 Å². The molecule has 12 heteroatoms. The number of rotatable bonds is 8. The first-order chi connectivity index (χ1) is 21.4. The lowest BCUT2D eigenvalue weighted by Crippen LogP contribution is -2.51. The number of benzene rings is 1. The summed E-state index contributed by atoms with van der Waals surface area (Å²) in [5, 5.41) is 20.4. The summed E-state index contributed by atoms with van der Waals surface area (Å²) < 4.78 is 23.3. The normalized spacial score (nSPS) is 20.1. The molecule has 0 radical (unpaired) electrons. The Kier molecular flexibility index (Phi) is 8.04. The minimum atomic E-state index is -0.795. The highest BCUT2D eigenvalue weighted by atomic mass is 19.1. The van der Waals surface area contributed by atoms with Crippen LogP contribution in [0.1, 0.15) is 44.7 Å². The number of halogens is 1. The number of aliphatic hydroxyl groups is 1. The van der Waals surface area contributed by atoms with Gasteiger partial charge in [0.25, 0.3) is 0 Å². The Labute approximate surface area is 260 Å². The van der Waals surface area contributed by atoms with E-state index in [0.717, 1.165) is 24.2 Å². The molecule has 1 unspecified atom stereocenters. The second-order valence-electron chi connectivity index (χ2n) is 13.1. The standard InChI is InChI=1S/C33H38FN7O4/c1-18-6-7-35-13-24(18)23-10-20-11-26(36-14-25(20)30(29(23)34)39-32(44)45-33(3,4)5)38-31(43)28-19(2)27(28)21-12-37-41(15-21)9-8-40-16-22(42)17-40/h6-7,10-15,19,22,27-28,42H,8-9,16-17H2,1-5H3,(H,39,44)(H,36,38,43)/t19?,27-,28+/m1/s1. The summed E-state index contributed by atoms with van der Waals surface area (Å²) in [5.41, 5.74) is 1.81. The SMILES string of the molecule is Cc1ccncc1-c1cc2cc(NC(=O)[C@H]3C(C)[C@@H]3c3cnn(CCN4CC(O)C4)c3)ncc2c(NC(=O)OC(C)(C)C)c1F. The van der Waals surface area contributed by atoms with Crippen LogP contribution in [0, 0.1) is 24.6 Å². The van der Waals surface area contributed by atoms with Crippen molar-refractivity contribution in [2.75, 3.05) is 30.3 Å². The highest BCUT2D eigenvalue weighted by Crippen LogP contribution is 2.54. The number of pyridine rings is 2. The fourth-order valence-electron chi connectivity index (χ4n) is 6.04. The molecule has 3 atom stereocenters. The van der Waals surface area contributed by atoms with E-state index in [4.69, 9.17) is 4.74 Å². The van der Waals surface area contributed by atoms with E-state index >= 15 is 4.39 Å². The molecule has 6 rings (SSSR count). The summed E-state index contributed by atoms with van der Waals surface area (Å²) in [6, 6.07) is 5.13. The number of hydrogen-bond donors (Lipinski definition) is 3. The Morgan fingerprint density at radius 2 is 1.89 bits per heavy atom. The van der Waals surface area contributed by atoms with Crippen LogP contribution >= 0.6 is 0 Å². The fraction of sp³-hybridized carbons (Fsp3) is 0.424. The molecule has 4 heterocycles. The van der Waals surface area contributed by atoms with Crippen molar-refractivity contribution < 1.29 is 23.8 Å². The molecule has 1 saturated heterocycles. The van der Waals surface area contributed by atoms with Crippen LogP contribution in [0.25, 0.3) is 21.9 Å². The van der Waals surface area contributed by atoms with Crippen molar-refractivity contribution in [2.24, 2.45) is 11.8 Å². The molecule has 2 amide bonds. The van der Waals surface area contributed by atoms with Gasteiger partial charge in [0.15, 0.2) is 5.82 Å². The van der Waals surface area contributed by atoms with Crippen molar-refractivity contribution >= 4 is 34.3 Å². The van der Waals surface area contributed by atoms with Crippen molar-refractivity contribution in [1.29, 1.82) is 0 Å². The molecule has 2 aliphatic rings. The zero-order chi connectivity index (χ0) is 32.0. The van der Waals surface area contributed by atoms with Crippen LogP contribution in [0.15, 0.2) is 49.2 Å². The monoisotopic (exact) mass is 615 g/mol. The van der Waals surface area contributed by atoms with E-state index in [-0.39, 0.29) is 41.0 Å². The van der Waals surface area contributed by atoms with E-state index in [9.17, 15) is 14.7 Å². The van der Waals surface area contributed by atoms with Crippen LogP contribution in [0.3, 0.4) is 0 Å². The smallest absolute Gasteiger partial charge is 0.412 e. The van der Waals surface area contributed by atoms with Crippen molar-refractivity contribution in [3.8, 4) is 11.1 Å². The van der Waals surface area contributed by atoms with Gasteiger partial charge in [0.1, 0.15) is 11.4 Å². The van der Waals surface area contributed by atoms with Gasteiger partial charge in [-0.2, -0.15) is 5.10 Å². The number of aromatic nitrogens is 4. The number of carbonyl (C=O) groups excluding carboxylic acids is 2. The van der Waals surface area contributed by atoms with Crippen LogP contribution in [0.4, 0.5) is 20.7 Å². The number of amides is 2. The van der Waals surface area contributed by atoms with Gasteiger partial charge < -0.3 is 15.2 Å². The number of nitrogens with one attached hydrogen (secondary N) is 2. The average molecular weight is 616 g/mol. The van der Waals surface area contributed by atoms with Crippen molar-refractivity contribution in [3.63, 3.8) is 0 Å². The summed E-state index contributed by atoms with van der Waals surface area (Å²) in [5.74, 6) is -0.533. The second kappa shape index (κ2) is 11.8. The number of anilines is 2. The highest BCUT2D eigenvalue weighted by molar-refractivity contribution is 6.05. The summed E-state index contributed by atoms with van der Waals surface area (Å²) >= 11 is 0. The first-order valence-corrected chi connectivity index (χ1v) is 15.1. The number of aryl methyl sites for hydroxylation is 1. The van der Waals surface area contributed by atoms with Gasteiger partial charge in [0.2, 0.25) is 5.91 Å². The Hall–Kier alpha value is -4.42. The summed E-state index contributed by atoms with van der Waals surface area (Å²) in [6.07, 6.45) is 7.44. The number of nitrogens with zero attached hydrogens (tertiary/aromatic N) is 5. The predicted molar refractivity (Wildman–Crippen MR) is 168 cm³/mol. The van der Waals surface area contributed by atoms with E-state index in [2.05, 4.69) is 30.6 Å². The van der Waals surface area contributed by atoms with Crippen LogP contribution in [0.2, 0.25) is 0 Å². The molecular formula is C33H38FN7O4. The lowest BCUT2D eigenvalue weighted by molar-refractivity contribution is -0.117. The molecule has 1 aliphatic carbocycles. The molecule has 45 heavy (non-hydrogen) atoms. The maximum atomic E-state index is 16.0. The summed E-state index contributed by atoms with van der Waals surface area (Å²) in [7, 11) is 0. The molecule has 236 valence electrons. The van der Waals surface area contributed by atoms with Gasteiger partial charge in [-0.15, -0.1) is 0 Å². The molecular weight excluding hydrogens is 577 g/mol. The molecule has 2 fully saturated rings. The Morgan fingerprint density at radius 3 is 2.60 bits per heavy atom. The third-order valence-corrected chi connectivity index (χ3v) is 8.47. The van der Waals surface area contributed by atoms with Crippen LogP contribution in [-0.2, 0) is 16.1 Å². The fourth-order valence-corrected chi connectivity index (χ4v) is 6.04. The molecule has 1 saturated carbocycles. The van der Waals surface area contributed by atoms with Gasteiger partial charge in [0.05, 0.1) is 24.5 Å². The largest absolute Gasteiger partial charge is 0.444 e. The lowest BCUT2D eigenvalue weighted by atomic mass is 9.98. The molecule has 11 nitrogen and oxygen atoms in total. The first-order valence-electron chi connectivity index (χ1n) is 15.1. The Morgan fingerprint density at radius 1 is 1.11 bits per heavy atom. The van der Waals surface area contributed by atoms with Crippen molar-refractivity contribution in [2.45, 2.75) is 58.8 Å². The van der Waals surface area contributed by atoms with E-state index in [0.29, 0.717) is 35.2 Å². The van der Waals surface area contributed by atoms with Crippen molar-refractivity contribution in [1.82, 2.24) is 24.6 Å². The predicted octanol–water partition coefficient (Wildman–Crippen LogP) is 4.95. The van der Waals surface area contributed by atoms with Gasteiger partial charge in [-0.3, -0.25) is 24.7 Å². The van der Waals surface area contributed by atoms with Gasteiger partial charge in [0, 0.05) is 72.8 Å². The summed E-state index contributed by atoms with van der Waals surface area (Å²) in [4.78, 5) is 36.8. The average Bonchev–Trinajstić information content (AvgIpc) is 3.40. The molecule has 1 aliphatic heterocycles. The maximum Gasteiger partial charge on any atom is 0.412 e. The molecule has 3 aromatic heterocycles. The highest BCUT2D eigenvalue weighted by Gasteiger charge is 2.53. The van der Waals surface area contributed by atoms with Crippen LogP contribution in [-0.4, -0.2) is 73.1 Å². The number of fused-ring (bicyclic) bond motifs is 1. The minimum Gasteiger partial charge on any atom is -0.444 e. The van der Waals surface area contributed by atoms with E-state index < -0.39 is 17.5 Å². The third-order valence-electron chi connectivity index (χ3n) is 8.47. The number of likely N-dealkylation sites (tertiary alicyclic amines) is 1. The third kappa shape index (κ3) is 6.52. The van der Waals surface area contributed by atoms with Gasteiger partial charge in [-0.25, -0.2) is 14.2 Å². The zero-order valence-electron chi connectivity index (χ0n) is 26.0. The second-order valence-corrected chi connectivity index (χ2v) is 13.1. The molecule has 3 N–H and O–H groups in total. The Bertz CT molecular complexity index is 1760. The number of β-amino-alcohol motifs (C(OH)–C–C–N with tert-alkyl or cyclic N) is 1. The molecule has 0 spiro atoms. The minimum absolute atomic E-state index is 0.0453. The van der Waals surface area contributed by atoms with Gasteiger partial charge >= 0.3 is 6.09 Å². The van der Waals surface area contributed by atoms with Crippen LogP contribution < -0.4 is 10.6 Å². The zero-order valence-corrected chi connectivity index (χ0v) is 26.0. The topological polar surface area (TPSA) is 134 Å². The molecule has 4 aromatic rings. The molecule has 1 aromatic carbocycles. The number of hydrogen-bond acceptors (Lipinski definition) is 8. The molecule has 0 bridgehead atoms. The summed E-state index contributed by atoms with van der Waals surface area (Å²) in [6.45, 7) is 12.0. The lowest BCUT2D eigenvalue weighted by Gasteiger charge is -2.35. The first kappa shape index (κ1) is 30.6. The number of aliphatic hydroxyl groups excluding tert-OH is 1. The van der Waals surface area contributed by atoms with E-state index in [1.165, 1.54) is 6.20 Å².